The molecule has 3 aromatic rings. The van der Waals surface area contributed by atoms with Gasteiger partial charge in [0.05, 0.1) is 31.0 Å². The number of nitrogens with zero attached hydrogens (tertiary/aromatic N) is 3. The minimum absolute atomic E-state index is 0.296. The van der Waals surface area contributed by atoms with Crippen LogP contribution in [-0.2, 0) is 0 Å². The van der Waals surface area contributed by atoms with E-state index in [0.29, 0.717) is 56.4 Å². The summed E-state index contributed by atoms with van der Waals surface area (Å²) in [5.74, 6) is 3.00. The van der Waals surface area contributed by atoms with E-state index in [4.69, 9.17) is 42.6 Å². The van der Waals surface area contributed by atoms with Gasteiger partial charge in [0.2, 0.25) is 0 Å². The lowest BCUT2D eigenvalue weighted by atomic mass is 10.1. The summed E-state index contributed by atoms with van der Waals surface area (Å²) in [7, 11) is 3.17. The predicted octanol–water partition coefficient (Wildman–Crippen LogP) is 5.53. The Balaban J connectivity index is 1.94. The molecule has 0 saturated heterocycles. The van der Waals surface area contributed by atoms with Gasteiger partial charge in [0.1, 0.15) is 22.5 Å². The molecule has 1 aromatic carbocycles. The highest BCUT2D eigenvalue weighted by Crippen LogP contribution is 2.43. The number of fused-ring (bicyclic) bond motifs is 1. The second-order valence-corrected chi connectivity index (χ2v) is 8.05. The second-order valence-electron chi connectivity index (χ2n) is 7.29. The standard InChI is InChI=1S/C21H22Cl2N4O2/c1-10-15(28-3)8-16(29-4)19(23)18(10)21-26-14-9-24-17(22)7-13(14)20(27-21)25-11(2)12-5-6-12/h7-9,11-12H,5-6H2,1-4H3,(H,25,26,27)/t11-/m0/s1. The fourth-order valence-electron chi connectivity index (χ4n) is 3.49. The zero-order valence-corrected chi connectivity index (χ0v) is 18.2. The number of hydrogen-bond acceptors (Lipinski definition) is 6. The smallest absolute Gasteiger partial charge is 0.164 e. The second kappa shape index (κ2) is 7.84. The summed E-state index contributed by atoms with van der Waals surface area (Å²) < 4.78 is 10.9. The molecule has 4 rings (SSSR count). The van der Waals surface area contributed by atoms with Crippen LogP contribution in [-0.4, -0.2) is 35.2 Å². The van der Waals surface area contributed by atoms with E-state index in [-0.39, 0.29) is 0 Å². The Labute approximate surface area is 179 Å². The Hall–Kier alpha value is -2.31. The lowest BCUT2D eigenvalue weighted by molar-refractivity contribution is 0.393. The third-order valence-electron chi connectivity index (χ3n) is 5.35. The molecule has 29 heavy (non-hydrogen) atoms. The summed E-state index contributed by atoms with van der Waals surface area (Å²) in [5, 5.41) is 5.20. The van der Waals surface area contributed by atoms with E-state index >= 15 is 0 Å². The Bertz CT molecular complexity index is 1060. The van der Waals surface area contributed by atoms with Crippen LogP contribution in [0.15, 0.2) is 18.3 Å². The lowest BCUT2D eigenvalue weighted by Gasteiger charge is -2.18. The maximum atomic E-state index is 6.65. The van der Waals surface area contributed by atoms with Gasteiger partial charge in [0, 0.05) is 28.6 Å². The molecule has 0 aliphatic heterocycles. The molecule has 8 heteroatoms. The van der Waals surface area contributed by atoms with E-state index in [1.165, 1.54) is 12.8 Å². The number of halogens is 2. The first-order valence-electron chi connectivity index (χ1n) is 9.44. The quantitative estimate of drug-likeness (QED) is 0.515. The molecule has 6 nitrogen and oxygen atoms in total. The van der Waals surface area contributed by atoms with Gasteiger partial charge in [-0.2, -0.15) is 0 Å². The largest absolute Gasteiger partial charge is 0.496 e. The highest BCUT2D eigenvalue weighted by Gasteiger charge is 2.29. The van der Waals surface area contributed by atoms with Crippen molar-refractivity contribution in [2.45, 2.75) is 32.7 Å². The molecule has 1 saturated carbocycles. The third kappa shape index (κ3) is 3.79. The number of hydrogen-bond donors (Lipinski definition) is 1. The van der Waals surface area contributed by atoms with E-state index in [2.05, 4.69) is 17.2 Å². The number of benzene rings is 1. The SMILES string of the molecule is COc1cc(OC)c(Cl)c(-c2nc(N[C@@H](C)C3CC3)c3cc(Cl)ncc3n2)c1C. The number of methoxy groups -OCH3 is 2. The first kappa shape index (κ1) is 20.0. The number of ether oxygens (including phenoxy) is 2. The molecule has 0 amide bonds. The van der Waals surface area contributed by atoms with Gasteiger partial charge in [-0.05, 0) is 38.7 Å². The van der Waals surface area contributed by atoms with Crippen molar-refractivity contribution in [3.8, 4) is 22.9 Å². The van der Waals surface area contributed by atoms with E-state index in [9.17, 15) is 0 Å². The van der Waals surface area contributed by atoms with Crippen LogP contribution >= 0.6 is 23.2 Å². The Morgan fingerprint density at radius 2 is 1.83 bits per heavy atom. The van der Waals surface area contributed by atoms with Gasteiger partial charge in [0.15, 0.2) is 5.82 Å². The fraction of sp³-hybridized carbons (Fsp3) is 0.381. The van der Waals surface area contributed by atoms with Crippen molar-refractivity contribution >= 4 is 39.9 Å². The van der Waals surface area contributed by atoms with Crippen molar-refractivity contribution in [3.63, 3.8) is 0 Å². The monoisotopic (exact) mass is 432 g/mol. The summed E-state index contributed by atoms with van der Waals surface area (Å²) >= 11 is 12.8. The number of anilines is 1. The van der Waals surface area contributed by atoms with Gasteiger partial charge in [-0.15, -0.1) is 0 Å². The van der Waals surface area contributed by atoms with E-state index in [0.717, 1.165) is 10.9 Å². The molecule has 1 aliphatic rings. The van der Waals surface area contributed by atoms with Gasteiger partial charge in [-0.1, -0.05) is 23.2 Å². The minimum Gasteiger partial charge on any atom is -0.496 e. The summed E-state index contributed by atoms with van der Waals surface area (Å²) in [4.78, 5) is 13.7. The van der Waals surface area contributed by atoms with Crippen molar-refractivity contribution in [2.24, 2.45) is 5.92 Å². The van der Waals surface area contributed by atoms with Gasteiger partial charge in [-0.25, -0.2) is 15.0 Å². The predicted molar refractivity (Wildman–Crippen MR) is 116 cm³/mol. The third-order valence-corrected chi connectivity index (χ3v) is 5.93. The van der Waals surface area contributed by atoms with Gasteiger partial charge < -0.3 is 14.8 Å². The molecule has 1 aliphatic carbocycles. The molecule has 2 heterocycles. The Morgan fingerprint density at radius 3 is 2.48 bits per heavy atom. The molecule has 152 valence electrons. The number of pyridine rings is 1. The molecular formula is C21H22Cl2N4O2. The maximum absolute atomic E-state index is 6.65. The molecule has 2 aromatic heterocycles. The molecular weight excluding hydrogens is 411 g/mol. The normalized spacial score (nSPS) is 14.7. The Morgan fingerprint density at radius 1 is 1.10 bits per heavy atom. The molecule has 0 bridgehead atoms. The first-order chi connectivity index (χ1) is 13.9. The zero-order valence-electron chi connectivity index (χ0n) is 16.7. The van der Waals surface area contributed by atoms with E-state index in [1.807, 2.05) is 6.92 Å². The van der Waals surface area contributed by atoms with Crippen molar-refractivity contribution in [3.05, 3.63) is 34.1 Å². The summed E-state index contributed by atoms with van der Waals surface area (Å²) in [6.07, 6.45) is 4.10. The van der Waals surface area contributed by atoms with Crippen molar-refractivity contribution in [2.75, 3.05) is 19.5 Å². The van der Waals surface area contributed by atoms with Gasteiger partial charge in [-0.3, -0.25) is 0 Å². The molecule has 1 atom stereocenters. The van der Waals surface area contributed by atoms with E-state index < -0.39 is 0 Å². The lowest BCUT2D eigenvalue weighted by Crippen LogP contribution is -2.19. The van der Waals surface area contributed by atoms with Gasteiger partial charge >= 0.3 is 0 Å². The van der Waals surface area contributed by atoms with Crippen LogP contribution in [0, 0.1) is 12.8 Å². The van der Waals surface area contributed by atoms with Gasteiger partial charge in [0.25, 0.3) is 0 Å². The summed E-state index contributed by atoms with van der Waals surface area (Å²) in [6, 6.07) is 3.84. The molecule has 1 fully saturated rings. The highest BCUT2D eigenvalue weighted by atomic mass is 35.5. The molecule has 1 N–H and O–H groups in total. The van der Waals surface area contributed by atoms with Crippen LogP contribution < -0.4 is 14.8 Å². The van der Waals surface area contributed by atoms with Crippen LogP contribution in [0.2, 0.25) is 10.2 Å². The number of rotatable bonds is 6. The average molecular weight is 433 g/mol. The van der Waals surface area contributed by atoms with Crippen LogP contribution in [0.25, 0.3) is 22.3 Å². The first-order valence-corrected chi connectivity index (χ1v) is 10.2. The molecule has 0 spiro atoms. The van der Waals surface area contributed by atoms with E-state index in [1.54, 1.807) is 32.5 Å². The molecule has 0 radical (unpaired) electrons. The van der Waals surface area contributed by atoms with Crippen molar-refractivity contribution < 1.29 is 9.47 Å². The van der Waals surface area contributed by atoms with Crippen LogP contribution in [0.5, 0.6) is 11.5 Å². The number of aromatic nitrogens is 3. The summed E-state index contributed by atoms with van der Waals surface area (Å²) in [5.41, 5.74) is 2.18. The molecule has 0 unspecified atom stereocenters. The maximum Gasteiger partial charge on any atom is 0.164 e. The van der Waals surface area contributed by atoms with Crippen LogP contribution in [0.3, 0.4) is 0 Å². The average Bonchev–Trinajstić information content (AvgIpc) is 3.54. The van der Waals surface area contributed by atoms with Crippen molar-refractivity contribution in [1.29, 1.82) is 0 Å². The highest BCUT2D eigenvalue weighted by molar-refractivity contribution is 6.35. The summed E-state index contributed by atoms with van der Waals surface area (Å²) in [6.45, 7) is 4.09. The minimum atomic E-state index is 0.296. The van der Waals surface area contributed by atoms with Crippen LogP contribution in [0.1, 0.15) is 25.3 Å². The Kier molecular flexibility index (Phi) is 5.40. The zero-order chi connectivity index (χ0) is 20.7. The van der Waals surface area contributed by atoms with Crippen LogP contribution in [0.4, 0.5) is 5.82 Å². The number of nitrogens with one attached hydrogen (secondary N) is 1. The van der Waals surface area contributed by atoms with Crippen molar-refractivity contribution in [1.82, 2.24) is 15.0 Å². The fourth-order valence-corrected chi connectivity index (χ4v) is 4.00. The topological polar surface area (TPSA) is 69.2 Å².